The molecule has 4 rings (SSSR count). The fourth-order valence-electron chi connectivity index (χ4n) is 5.31. The molecule has 0 saturated carbocycles. The average molecular weight is 614 g/mol. The Kier molecular flexibility index (Phi) is 10.6. The molecule has 1 amide bonds. The van der Waals surface area contributed by atoms with Crippen LogP contribution in [-0.2, 0) is 19.2 Å². The van der Waals surface area contributed by atoms with Gasteiger partial charge in [-0.25, -0.2) is 0 Å². The van der Waals surface area contributed by atoms with Crippen LogP contribution >= 0.6 is 0 Å². The molecule has 45 heavy (non-hydrogen) atoms. The molecule has 2 atom stereocenters. The highest BCUT2D eigenvalue weighted by molar-refractivity contribution is 6.05. The van der Waals surface area contributed by atoms with Crippen molar-refractivity contribution in [3.63, 3.8) is 0 Å². The molecule has 0 aromatic heterocycles. The standard InChI is InChI=1S/C35H35NO9/c1-20(38)15-24(35(43)36-21(2)22(3)39)7-5-4-6-8-30(42)23-9-14-31(44-19-37)29(16-23)34-27-12-10-25(40)17-32(27)45-33-18-26(41)11-13-28(33)34/h9-14,16-19,21,24,40H,4-8,15H2,1-3H3,(H,36,43)/t21-,24+/m1/s1. The van der Waals surface area contributed by atoms with Crippen LogP contribution in [0.4, 0.5) is 0 Å². The van der Waals surface area contributed by atoms with Crippen molar-refractivity contribution in [1.82, 2.24) is 5.32 Å². The predicted octanol–water partition coefficient (Wildman–Crippen LogP) is 5.63. The monoisotopic (exact) mass is 613 g/mol. The molecule has 1 heterocycles. The minimum atomic E-state index is -0.629. The average Bonchev–Trinajstić information content (AvgIpc) is 2.99. The molecule has 0 fully saturated rings. The van der Waals surface area contributed by atoms with Crippen molar-refractivity contribution in [1.29, 1.82) is 0 Å². The van der Waals surface area contributed by atoms with Gasteiger partial charge in [-0.15, -0.1) is 0 Å². The van der Waals surface area contributed by atoms with E-state index in [0.29, 0.717) is 65.4 Å². The Labute approximate surface area is 259 Å². The van der Waals surface area contributed by atoms with Crippen LogP contribution in [0, 0.1) is 5.92 Å². The quantitative estimate of drug-likeness (QED) is 0.0751. The molecule has 0 spiro atoms. The maximum absolute atomic E-state index is 13.3. The zero-order valence-corrected chi connectivity index (χ0v) is 25.4. The molecule has 0 bridgehead atoms. The molecule has 0 radical (unpaired) electrons. The van der Waals surface area contributed by atoms with Crippen LogP contribution in [0.5, 0.6) is 11.5 Å². The molecular formula is C35H35NO9. The summed E-state index contributed by atoms with van der Waals surface area (Å²) in [5.74, 6) is -0.883. The number of Topliss-reactive ketones (excluding diaryl/α,β-unsaturated/α-hetero) is 3. The lowest BCUT2D eigenvalue weighted by atomic mass is 9.91. The second kappa shape index (κ2) is 14.6. The number of fused-ring (bicyclic) bond motifs is 2. The third-order valence-electron chi connectivity index (χ3n) is 7.75. The first-order chi connectivity index (χ1) is 21.5. The summed E-state index contributed by atoms with van der Waals surface area (Å²) in [6.07, 6.45) is 2.55. The number of phenolic OH excluding ortho intramolecular Hbond substituents is 1. The highest BCUT2D eigenvalue weighted by Gasteiger charge is 2.24. The van der Waals surface area contributed by atoms with Crippen LogP contribution in [0.25, 0.3) is 33.4 Å². The van der Waals surface area contributed by atoms with Gasteiger partial charge in [0.1, 0.15) is 28.6 Å². The minimum Gasteiger partial charge on any atom is -0.508 e. The van der Waals surface area contributed by atoms with Gasteiger partial charge in [0.25, 0.3) is 6.47 Å². The summed E-state index contributed by atoms with van der Waals surface area (Å²) >= 11 is 0. The van der Waals surface area contributed by atoms with Crippen LogP contribution < -0.4 is 15.5 Å². The van der Waals surface area contributed by atoms with E-state index < -0.39 is 12.0 Å². The smallest absolute Gasteiger partial charge is 0.298 e. The zero-order valence-electron chi connectivity index (χ0n) is 25.4. The highest BCUT2D eigenvalue weighted by Crippen LogP contribution is 2.44. The van der Waals surface area contributed by atoms with Crippen LogP contribution in [0.1, 0.15) is 69.7 Å². The molecule has 2 aromatic carbocycles. The highest BCUT2D eigenvalue weighted by atomic mass is 16.5. The molecule has 2 N–H and O–H groups in total. The molecule has 2 aliphatic rings. The van der Waals surface area contributed by atoms with Crippen molar-refractivity contribution >= 4 is 40.7 Å². The summed E-state index contributed by atoms with van der Waals surface area (Å²) in [5.41, 5.74) is 1.95. The number of hydrogen-bond acceptors (Lipinski definition) is 9. The Bertz CT molecular complexity index is 1790. The predicted molar refractivity (Wildman–Crippen MR) is 167 cm³/mol. The number of amides is 1. The first kappa shape index (κ1) is 32.8. The summed E-state index contributed by atoms with van der Waals surface area (Å²) in [6.45, 7) is 4.71. The van der Waals surface area contributed by atoms with Crippen molar-refractivity contribution in [2.24, 2.45) is 5.92 Å². The van der Waals surface area contributed by atoms with E-state index in [9.17, 15) is 33.9 Å². The number of unbranched alkanes of at least 4 members (excludes halogenated alkanes) is 2. The molecule has 2 aromatic rings. The van der Waals surface area contributed by atoms with Gasteiger partial charge in [0.15, 0.2) is 17.0 Å². The van der Waals surface area contributed by atoms with Crippen molar-refractivity contribution in [2.75, 3.05) is 0 Å². The Morgan fingerprint density at radius 3 is 2.44 bits per heavy atom. The number of aromatic hydroxyl groups is 1. The number of rotatable bonds is 15. The van der Waals surface area contributed by atoms with Gasteiger partial charge in [0.2, 0.25) is 5.91 Å². The van der Waals surface area contributed by atoms with E-state index in [-0.39, 0.29) is 58.8 Å². The van der Waals surface area contributed by atoms with E-state index in [0.717, 1.165) is 0 Å². The Hall–Kier alpha value is -5.12. The van der Waals surface area contributed by atoms with Gasteiger partial charge in [-0.2, -0.15) is 0 Å². The van der Waals surface area contributed by atoms with E-state index >= 15 is 0 Å². The fourth-order valence-corrected chi connectivity index (χ4v) is 5.31. The third kappa shape index (κ3) is 8.08. The molecule has 10 nitrogen and oxygen atoms in total. The number of benzene rings is 3. The second-order valence-corrected chi connectivity index (χ2v) is 11.2. The minimum absolute atomic E-state index is 0.0398. The summed E-state index contributed by atoms with van der Waals surface area (Å²) in [6, 6.07) is 13.0. The van der Waals surface area contributed by atoms with Crippen molar-refractivity contribution in [3.8, 4) is 33.9 Å². The van der Waals surface area contributed by atoms with Gasteiger partial charge in [-0.05, 0) is 76.1 Å². The van der Waals surface area contributed by atoms with Gasteiger partial charge in [-0.1, -0.05) is 12.8 Å². The Morgan fingerprint density at radius 1 is 0.956 bits per heavy atom. The Balaban J connectivity index is 1.54. The second-order valence-electron chi connectivity index (χ2n) is 11.2. The Morgan fingerprint density at radius 2 is 1.73 bits per heavy atom. The molecule has 1 aliphatic heterocycles. The number of carbonyl (C=O) groups is 5. The maximum atomic E-state index is 13.3. The molecule has 0 unspecified atom stereocenters. The van der Waals surface area contributed by atoms with Gasteiger partial charge in [-0.3, -0.25) is 24.0 Å². The normalized spacial score (nSPS) is 12.4. The number of ketones is 3. The molecule has 0 saturated heterocycles. The van der Waals surface area contributed by atoms with E-state index in [1.807, 2.05) is 0 Å². The van der Waals surface area contributed by atoms with Crippen molar-refractivity contribution < 1.29 is 38.2 Å². The molecule has 234 valence electrons. The van der Waals surface area contributed by atoms with Gasteiger partial charge in [0, 0.05) is 58.5 Å². The van der Waals surface area contributed by atoms with E-state index in [4.69, 9.17) is 9.15 Å². The first-order valence-electron chi connectivity index (χ1n) is 14.8. The summed E-state index contributed by atoms with van der Waals surface area (Å²) in [5, 5.41) is 13.3. The van der Waals surface area contributed by atoms with E-state index in [1.165, 1.54) is 44.2 Å². The fraction of sp³-hybridized carbons (Fsp3) is 0.314. The number of phenols is 1. The maximum Gasteiger partial charge on any atom is 0.298 e. The largest absolute Gasteiger partial charge is 0.508 e. The van der Waals surface area contributed by atoms with Crippen LogP contribution in [-0.4, -0.2) is 40.9 Å². The van der Waals surface area contributed by atoms with Crippen molar-refractivity contribution in [3.05, 3.63) is 70.4 Å². The lowest BCUT2D eigenvalue weighted by Crippen LogP contribution is -2.41. The zero-order chi connectivity index (χ0) is 32.7. The van der Waals surface area contributed by atoms with Gasteiger partial charge < -0.3 is 24.4 Å². The molecular weight excluding hydrogens is 578 g/mol. The summed E-state index contributed by atoms with van der Waals surface area (Å²) in [7, 11) is 0. The number of ether oxygens (including phenoxy) is 1. The number of nitrogens with one attached hydrogen (secondary N) is 1. The van der Waals surface area contributed by atoms with Crippen molar-refractivity contribution in [2.45, 2.75) is 65.3 Å². The topological polar surface area (TPSA) is 157 Å². The van der Waals surface area contributed by atoms with E-state index in [1.54, 1.807) is 31.2 Å². The third-order valence-corrected chi connectivity index (χ3v) is 7.75. The SMILES string of the molecule is CC(=O)C[C@H](CCCCCC(=O)c1ccc(OC=O)c(-c2c3ccc(=O)cc-3oc3cc(O)ccc23)c1)C(=O)N[C@H](C)C(C)=O. The first-order valence-corrected chi connectivity index (χ1v) is 14.8. The van der Waals surface area contributed by atoms with Gasteiger partial charge >= 0.3 is 0 Å². The number of carbonyl (C=O) groups excluding carboxylic acids is 5. The molecule has 10 heteroatoms. The van der Waals surface area contributed by atoms with Crippen LogP contribution in [0.3, 0.4) is 0 Å². The lowest BCUT2D eigenvalue weighted by molar-refractivity contribution is -0.131. The lowest BCUT2D eigenvalue weighted by Gasteiger charge is -2.18. The van der Waals surface area contributed by atoms with Crippen LogP contribution in [0.2, 0.25) is 0 Å². The van der Waals surface area contributed by atoms with Crippen LogP contribution in [0.15, 0.2) is 63.8 Å². The molecule has 1 aliphatic carbocycles. The summed E-state index contributed by atoms with van der Waals surface area (Å²) in [4.78, 5) is 72.7. The van der Waals surface area contributed by atoms with E-state index in [2.05, 4.69) is 5.32 Å². The van der Waals surface area contributed by atoms with Gasteiger partial charge in [0.05, 0.1) is 6.04 Å². The summed E-state index contributed by atoms with van der Waals surface area (Å²) < 4.78 is 11.2. The number of hydrogen-bond donors (Lipinski definition) is 2.